The summed E-state index contributed by atoms with van der Waals surface area (Å²) in [4.78, 5) is 4.12. The van der Waals surface area contributed by atoms with Gasteiger partial charge in [-0.05, 0) is 30.7 Å². The molecule has 1 aromatic heterocycles. The Morgan fingerprint density at radius 3 is 2.67 bits per heavy atom. The molecule has 0 atom stereocenters. The Kier molecular flexibility index (Phi) is 4.46. The van der Waals surface area contributed by atoms with E-state index in [1.807, 2.05) is 12.3 Å². The van der Waals surface area contributed by atoms with Crippen molar-refractivity contribution in [1.82, 2.24) is 4.98 Å². The van der Waals surface area contributed by atoms with Crippen molar-refractivity contribution in [3.63, 3.8) is 0 Å². The van der Waals surface area contributed by atoms with Crippen LogP contribution in [0.2, 0.25) is 0 Å². The quantitative estimate of drug-likeness (QED) is 0.687. The van der Waals surface area contributed by atoms with Crippen molar-refractivity contribution in [3.8, 4) is 5.75 Å². The molecule has 4 nitrogen and oxygen atoms in total. The molecule has 0 aliphatic carbocycles. The van der Waals surface area contributed by atoms with Crippen LogP contribution in [0.15, 0.2) is 28.7 Å². The predicted molar refractivity (Wildman–Crippen MR) is 76.1 cm³/mol. The third-order valence-electron chi connectivity index (χ3n) is 2.48. The number of alkyl halides is 3. The highest BCUT2D eigenvalue weighted by Gasteiger charge is 2.31. The molecule has 0 spiro atoms. The third kappa shape index (κ3) is 4.19. The second kappa shape index (κ2) is 6.13. The number of hydrogen-bond donors (Lipinski definition) is 1. The van der Waals surface area contributed by atoms with Gasteiger partial charge in [0.25, 0.3) is 0 Å². The van der Waals surface area contributed by atoms with Gasteiger partial charge in [0.1, 0.15) is 5.75 Å². The molecule has 0 fully saturated rings. The van der Waals surface area contributed by atoms with Gasteiger partial charge in [0.15, 0.2) is 0 Å². The number of aromatic nitrogens is 1. The Bertz CT molecular complexity index is 652. The van der Waals surface area contributed by atoms with Crippen LogP contribution in [0.1, 0.15) is 16.8 Å². The van der Waals surface area contributed by atoms with Gasteiger partial charge in [-0.2, -0.15) is 18.3 Å². The number of rotatable bonds is 4. The number of hydrazone groups is 1. The average molecular weight is 315 g/mol. The lowest BCUT2D eigenvalue weighted by atomic mass is 10.1. The highest BCUT2D eigenvalue weighted by Crippen LogP contribution is 2.32. The summed E-state index contributed by atoms with van der Waals surface area (Å²) in [6.07, 6.45) is -3.15. The molecule has 0 saturated heterocycles. The number of nitrogens with zero attached hydrogens (tertiary/aromatic N) is 2. The Balaban J connectivity index is 2.18. The number of methoxy groups -OCH3 is 1. The molecule has 1 N–H and O–H groups in total. The van der Waals surface area contributed by atoms with Crippen molar-refractivity contribution in [2.24, 2.45) is 5.10 Å². The van der Waals surface area contributed by atoms with Gasteiger partial charge in [-0.1, -0.05) is 0 Å². The minimum Gasteiger partial charge on any atom is -0.497 e. The van der Waals surface area contributed by atoms with Crippen molar-refractivity contribution >= 4 is 22.7 Å². The number of halogens is 3. The van der Waals surface area contributed by atoms with Crippen LogP contribution in [0.3, 0.4) is 0 Å². The van der Waals surface area contributed by atoms with E-state index in [0.717, 1.165) is 17.8 Å². The van der Waals surface area contributed by atoms with Crippen LogP contribution in [-0.2, 0) is 6.18 Å². The highest BCUT2D eigenvalue weighted by atomic mass is 32.1. The maximum Gasteiger partial charge on any atom is 0.416 e. The van der Waals surface area contributed by atoms with Gasteiger partial charge in [0.2, 0.25) is 5.13 Å². The average Bonchev–Trinajstić information content (AvgIpc) is 2.83. The Hall–Kier alpha value is -2.09. The van der Waals surface area contributed by atoms with Crippen LogP contribution in [-0.4, -0.2) is 18.3 Å². The summed E-state index contributed by atoms with van der Waals surface area (Å²) in [5, 5.41) is 6.28. The number of hydrogen-bond acceptors (Lipinski definition) is 5. The van der Waals surface area contributed by atoms with E-state index in [9.17, 15) is 13.2 Å². The Morgan fingerprint density at radius 2 is 2.10 bits per heavy atom. The van der Waals surface area contributed by atoms with Crippen LogP contribution in [0.4, 0.5) is 18.3 Å². The normalized spacial score (nSPS) is 11.9. The second-order valence-electron chi connectivity index (χ2n) is 4.16. The van der Waals surface area contributed by atoms with Crippen LogP contribution < -0.4 is 10.2 Å². The van der Waals surface area contributed by atoms with Gasteiger partial charge in [0.05, 0.1) is 24.6 Å². The summed E-state index contributed by atoms with van der Waals surface area (Å²) in [6, 6.07) is 3.41. The van der Waals surface area contributed by atoms with Gasteiger partial charge in [-0.15, -0.1) is 11.3 Å². The zero-order valence-corrected chi connectivity index (χ0v) is 12.0. The Morgan fingerprint density at radius 1 is 1.33 bits per heavy atom. The zero-order valence-electron chi connectivity index (χ0n) is 11.2. The van der Waals surface area contributed by atoms with E-state index in [-0.39, 0.29) is 11.3 Å². The zero-order chi connectivity index (χ0) is 15.5. The predicted octanol–water partition coefficient (Wildman–Crippen LogP) is 3.92. The number of thiazole rings is 1. The van der Waals surface area contributed by atoms with Crippen LogP contribution in [0.25, 0.3) is 0 Å². The fourth-order valence-corrected chi connectivity index (χ4v) is 2.18. The lowest BCUT2D eigenvalue weighted by Gasteiger charge is -2.09. The molecule has 1 heterocycles. The van der Waals surface area contributed by atoms with Crippen LogP contribution in [0, 0.1) is 6.92 Å². The van der Waals surface area contributed by atoms with Crippen molar-refractivity contribution in [2.45, 2.75) is 13.1 Å². The van der Waals surface area contributed by atoms with Crippen LogP contribution >= 0.6 is 11.3 Å². The van der Waals surface area contributed by atoms with Crippen molar-refractivity contribution in [1.29, 1.82) is 0 Å². The van der Waals surface area contributed by atoms with Gasteiger partial charge in [0, 0.05) is 5.38 Å². The van der Waals surface area contributed by atoms with Gasteiger partial charge < -0.3 is 4.74 Å². The molecule has 0 saturated carbocycles. The summed E-state index contributed by atoms with van der Waals surface area (Å²) < 4.78 is 43.1. The summed E-state index contributed by atoms with van der Waals surface area (Å²) in [6.45, 7) is 1.84. The topological polar surface area (TPSA) is 46.5 Å². The highest BCUT2D eigenvalue weighted by molar-refractivity contribution is 7.13. The number of aryl methyl sites for hydroxylation is 1. The Labute approximate surface area is 123 Å². The molecule has 1 aromatic carbocycles. The summed E-state index contributed by atoms with van der Waals surface area (Å²) >= 11 is 1.36. The molecule has 0 radical (unpaired) electrons. The van der Waals surface area contributed by atoms with E-state index >= 15 is 0 Å². The lowest BCUT2D eigenvalue weighted by Crippen LogP contribution is -2.06. The number of ether oxygens (including phenoxy) is 1. The monoisotopic (exact) mass is 315 g/mol. The molecule has 21 heavy (non-hydrogen) atoms. The lowest BCUT2D eigenvalue weighted by molar-refractivity contribution is -0.137. The summed E-state index contributed by atoms with van der Waals surface area (Å²) in [5.74, 6) is 0.122. The molecule has 0 amide bonds. The summed E-state index contributed by atoms with van der Waals surface area (Å²) in [7, 11) is 1.31. The first-order chi connectivity index (χ1) is 9.88. The van der Waals surface area contributed by atoms with Crippen molar-refractivity contribution in [3.05, 3.63) is 40.4 Å². The van der Waals surface area contributed by atoms with E-state index < -0.39 is 11.7 Å². The molecule has 0 unspecified atom stereocenters. The van der Waals surface area contributed by atoms with E-state index in [4.69, 9.17) is 4.74 Å². The van der Waals surface area contributed by atoms with E-state index in [1.165, 1.54) is 30.7 Å². The fourth-order valence-electron chi connectivity index (χ4n) is 1.55. The van der Waals surface area contributed by atoms with Gasteiger partial charge in [-0.3, -0.25) is 5.43 Å². The first kappa shape index (κ1) is 15.3. The molecule has 0 bridgehead atoms. The van der Waals surface area contributed by atoms with E-state index in [1.54, 1.807) is 0 Å². The molecular formula is C13H12F3N3OS. The molecule has 112 valence electrons. The first-order valence-corrected chi connectivity index (χ1v) is 6.74. The largest absolute Gasteiger partial charge is 0.497 e. The standard InChI is InChI=1S/C13H12F3N3OS/c1-8-7-21-12(18-8)19-17-6-9-3-10(13(14,15)16)5-11(4-9)20-2/h3-7H,1-2H3,(H,18,19). The summed E-state index contributed by atoms with van der Waals surface area (Å²) in [5.41, 5.74) is 3.01. The molecule has 2 aromatic rings. The molecule has 0 aliphatic heterocycles. The van der Waals surface area contributed by atoms with Gasteiger partial charge >= 0.3 is 6.18 Å². The van der Waals surface area contributed by atoms with Gasteiger partial charge in [-0.25, -0.2) is 4.98 Å². The van der Waals surface area contributed by atoms with E-state index in [0.29, 0.717) is 5.13 Å². The molecule has 8 heteroatoms. The maximum atomic E-state index is 12.8. The second-order valence-corrected chi connectivity index (χ2v) is 5.01. The van der Waals surface area contributed by atoms with Crippen LogP contribution in [0.5, 0.6) is 5.75 Å². The first-order valence-electron chi connectivity index (χ1n) is 5.86. The minimum atomic E-state index is -4.43. The SMILES string of the molecule is COc1cc(C=NNc2nc(C)cs2)cc(C(F)(F)F)c1. The smallest absolute Gasteiger partial charge is 0.416 e. The number of nitrogens with one attached hydrogen (secondary N) is 1. The fraction of sp³-hybridized carbons (Fsp3) is 0.231. The number of benzene rings is 1. The van der Waals surface area contributed by atoms with E-state index in [2.05, 4.69) is 15.5 Å². The molecular weight excluding hydrogens is 303 g/mol. The van der Waals surface area contributed by atoms with Crippen molar-refractivity contribution in [2.75, 3.05) is 12.5 Å². The maximum absolute atomic E-state index is 12.8. The molecule has 0 aliphatic rings. The minimum absolute atomic E-state index is 0.122. The molecule has 2 rings (SSSR count). The van der Waals surface area contributed by atoms with Crippen molar-refractivity contribution < 1.29 is 17.9 Å². The number of anilines is 1. The third-order valence-corrected chi connectivity index (χ3v) is 3.35.